The fourth-order valence-corrected chi connectivity index (χ4v) is 2.25. The summed E-state index contributed by atoms with van der Waals surface area (Å²) >= 11 is 3.22. The summed E-state index contributed by atoms with van der Waals surface area (Å²) in [6, 6.07) is 8.48. The molecule has 2 N–H and O–H groups in total. The molecule has 2 aromatic rings. The van der Waals surface area contributed by atoms with Crippen LogP contribution in [0.4, 0.5) is 4.39 Å². The van der Waals surface area contributed by atoms with Crippen molar-refractivity contribution in [2.75, 3.05) is 0 Å². The van der Waals surface area contributed by atoms with Crippen LogP contribution in [0.1, 0.15) is 17.2 Å². The van der Waals surface area contributed by atoms with Crippen LogP contribution >= 0.6 is 15.9 Å². The first-order chi connectivity index (χ1) is 8.18. The Bertz CT molecular complexity index is 502. The first-order valence-electron chi connectivity index (χ1n) is 5.27. The minimum Gasteiger partial charge on any atom is -0.324 e. The lowest BCUT2D eigenvalue weighted by Crippen LogP contribution is -2.14. The Morgan fingerprint density at radius 3 is 2.82 bits per heavy atom. The highest BCUT2D eigenvalue weighted by Gasteiger charge is 2.13. The van der Waals surface area contributed by atoms with E-state index in [1.54, 1.807) is 18.5 Å². The highest BCUT2D eigenvalue weighted by Crippen LogP contribution is 2.26. The van der Waals surface area contributed by atoms with Crippen LogP contribution in [0.15, 0.2) is 47.2 Å². The van der Waals surface area contributed by atoms with Crippen molar-refractivity contribution in [2.24, 2.45) is 5.73 Å². The number of halogens is 2. The average Bonchev–Trinajstić information content (AvgIpc) is 2.34. The van der Waals surface area contributed by atoms with E-state index in [-0.39, 0.29) is 11.9 Å². The summed E-state index contributed by atoms with van der Waals surface area (Å²) in [5.41, 5.74) is 7.88. The molecule has 0 spiro atoms. The zero-order valence-electron chi connectivity index (χ0n) is 9.11. The highest BCUT2D eigenvalue weighted by atomic mass is 79.9. The number of nitrogens with zero attached hydrogens (tertiary/aromatic N) is 1. The molecular weight excluding hydrogens is 283 g/mol. The van der Waals surface area contributed by atoms with Crippen molar-refractivity contribution in [2.45, 2.75) is 12.5 Å². The molecule has 4 heteroatoms. The summed E-state index contributed by atoms with van der Waals surface area (Å²) in [6.45, 7) is 0. The Morgan fingerprint density at radius 2 is 2.12 bits per heavy atom. The van der Waals surface area contributed by atoms with Gasteiger partial charge in [-0.15, -0.1) is 0 Å². The quantitative estimate of drug-likeness (QED) is 0.944. The maximum Gasteiger partial charge on any atom is 0.137 e. The third kappa shape index (κ3) is 2.90. The second kappa shape index (κ2) is 5.38. The smallest absolute Gasteiger partial charge is 0.137 e. The maximum absolute atomic E-state index is 13.4. The molecule has 0 amide bonds. The number of benzene rings is 1. The number of hydrogen-bond donors (Lipinski definition) is 1. The van der Waals surface area contributed by atoms with Gasteiger partial charge in [0.05, 0.1) is 4.47 Å². The van der Waals surface area contributed by atoms with E-state index < -0.39 is 0 Å². The number of hydrogen-bond acceptors (Lipinski definition) is 2. The molecule has 0 aliphatic rings. The topological polar surface area (TPSA) is 38.9 Å². The van der Waals surface area contributed by atoms with Gasteiger partial charge in [-0.25, -0.2) is 4.39 Å². The third-order valence-electron chi connectivity index (χ3n) is 2.56. The van der Waals surface area contributed by atoms with Crippen LogP contribution < -0.4 is 5.73 Å². The predicted octanol–water partition coefficient (Wildman–Crippen LogP) is 3.23. The molecule has 2 nitrogen and oxygen atoms in total. The number of pyridine rings is 1. The van der Waals surface area contributed by atoms with Crippen LogP contribution in [0.3, 0.4) is 0 Å². The van der Waals surface area contributed by atoms with Crippen LogP contribution in [0.2, 0.25) is 0 Å². The van der Waals surface area contributed by atoms with Gasteiger partial charge in [0.15, 0.2) is 0 Å². The first kappa shape index (κ1) is 12.2. The molecule has 1 aromatic heterocycles. The molecule has 0 saturated heterocycles. The number of aromatic nitrogens is 1. The van der Waals surface area contributed by atoms with Crippen molar-refractivity contribution in [3.63, 3.8) is 0 Å². The molecule has 0 radical (unpaired) electrons. The Balaban J connectivity index is 2.20. The molecule has 1 unspecified atom stereocenters. The SMILES string of the molecule is NC(Cc1cccnc1)c1cccc(F)c1Br. The van der Waals surface area contributed by atoms with Crippen molar-refractivity contribution in [1.29, 1.82) is 0 Å². The van der Waals surface area contributed by atoms with Crippen LogP contribution in [-0.4, -0.2) is 4.98 Å². The van der Waals surface area contributed by atoms with E-state index in [4.69, 9.17) is 5.73 Å². The van der Waals surface area contributed by atoms with Gasteiger partial charge in [-0.2, -0.15) is 0 Å². The maximum atomic E-state index is 13.4. The summed E-state index contributed by atoms with van der Waals surface area (Å²) in [5.74, 6) is -0.288. The van der Waals surface area contributed by atoms with E-state index in [0.717, 1.165) is 11.1 Å². The van der Waals surface area contributed by atoms with Gasteiger partial charge in [0.25, 0.3) is 0 Å². The van der Waals surface area contributed by atoms with Gasteiger partial charge in [0, 0.05) is 18.4 Å². The van der Waals surface area contributed by atoms with E-state index >= 15 is 0 Å². The summed E-state index contributed by atoms with van der Waals surface area (Å²) in [4.78, 5) is 4.03. The first-order valence-corrected chi connectivity index (χ1v) is 6.06. The van der Waals surface area contributed by atoms with E-state index in [0.29, 0.717) is 10.9 Å². The summed E-state index contributed by atoms with van der Waals surface area (Å²) < 4.78 is 13.8. The van der Waals surface area contributed by atoms with Gasteiger partial charge < -0.3 is 5.73 Å². The Labute approximate surface area is 108 Å². The lowest BCUT2D eigenvalue weighted by molar-refractivity contribution is 0.610. The molecule has 1 heterocycles. The highest BCUT2D eigenvalue weighted by molar-refractivity contribution is 9.10. The molecule has 1 atom stereocenters. The predicted molar refractivity (Wildman–Crippen MR) is 69.0 cm³/mol. The second-order valence-corrected chi connectivity index (χ2v) is 4.61. The molecule has 0 aliphatic heterocycles. The van der Waals surface area contributed by atoms with Crippen LogP contribution in [0, 0.1) is 5.82 Å². The normalized spacial score (nSPS) is 12.4. The zero-order valence-corrected chi connectivity index (χ0v) is 10.7. The summed E-state index contributed by atoms with van der Waals surface area (Å²) in [7, 11) is 0. The molecule has 0 saturated carbocycles. The Hall–Kier alpha value is -1.26. The van der Waals surface area contributed by atoms with Gasteiger partial charge in [-0.1, -0.05) is 18.2 Å². The van der Waals surface area contributed by atoms with Gasteiger partial charge in [0.1, 0.15) is 5.82 Å². The van der Waals surface area contributed by atoms with E-state index in [9.17, 15) is 4.39 Å². The second-order valence-electron chi connectivity index (χ2n) is 3.81. The van der Waals surface area contributed by atoms with Gasteiger partial charge in [-0.3, -0.25) is 4.98 Å². The number of rotatable bonds is 3. The zero-order chi connectivity index (χ0) is 12.3. The lowest BCUT2D eigenvalue weighted by atomic mass is 10.0. The molecule has 2 rings (SSSR count). The fourth-order valence-electron chi connectivity index (χ4n) is 1.69. The molecular formula is C13H12BrFN2. The Kier molecular flexibility index (Phi) is 3.86. The minimum atomic E-state index is -0.288. The summed E-state index contributed by atoms with van der Waals surface area (Å²) in [6.07, 6.45) is 4.12. The largest absolute Gasteiger partial charge is 0.324 e. The van der Waals surface area contributed by atoms with Crippen molar-refractivity contribution in [3.8, 4) is 0 Å². The van der Waals surface area contributed by atoms with Gasteiger partial charge in [0.2, 0.25) is 0 Å². The van der Waals surface area contributed by atoms with E-state index in [1.807, 2.05) is 18.2 Å². The van der Waals surface area contributed by atoms with Crippen LogP contribution in [-0.2, 0) is 6.42 Å². The molecule has 0 fully saturated rings. The average molecular weight is 295 g/mol. The third-order valence-corrected chi connectivity index (χ3v) is 3.40. The molecule has 17 heavy (non-hydrogen) atoms. The van der Waals surface area contributed by atoms with E-state index in [2.05, 4.69) is 20.9 Å². The molecule has 88 valence electrons. The van der Waals surface area contributed by atoms with Crippen LogP contribution in [0.5, 0.6) is 0 Å². The molecule has 1 aromatic carbocycles. The Morgan fingerprint density at radius 1 is 1.29 bits per heavy atom. The summed E-state index contributed by atoms with van der Waals surface area (Å²) in [5, 5.41) is 0. The number of nitrogens with two attached hydrogens (primary N) is 1. The standard InChI is InChI=1S/C13H12BrFN2/c14-13-10(4-1-5-11(13)15)12(16)7-9-3-2-6-17-8-9/h1-6,8,12H,7,16H2. The monoisotopic (exact) mass is 294 g/mol. The van der Waals surface area contributed by atoms with Crippen molar-refractivity contribution in [1.82, 2.24) is 4.98 Å². The van der Waals surface area contributed by atoms with Crippen LogP contribution in [0.25, 0.3) is 0 Å². The molecule has 0 aliphatic carbocycles. The van der Waals surface area contributed by atoms with E-state index in [1.165, 1.54) is 6.07 Å². The lowest BCUT2D eigenvalue weighted by Gasteiger charge is -2.14. The fraction of sp³-hybridized carbons (Fsp3) is 0.154. The minimum absolute atomic E-state index is 0.246. The van der Waals surface area contributed by atoms with Gasteiger partial charge >= 0.3 is 0 Å². The van der Waals surface area contributed by atoms with Crippen molar-refractivity contribution in [3.05, 3.63) is 64.1 Å². The van der Waals surface area contributed by atoms with Crippen molar-refractivity contribution >= 4 is 15.9 Å². The van der Waals surface area contributed by atoms with Crippen molar-refractivity contribution < 1.29 is 4.39 Å². The molecule has 0 bridgehead atoms. The van der Waals surface area contributed by atoms with Gasteiger partial charge in [-0.05, 0) is 45.6 Å².